The summed E-state index contributed by atoms with van der Waals surface area (Å²) in [5, 5.41) is 0. The van der Waals surface area contributed by atoms with Crippen molar-refractivity contribution in [3.8, 4) is 0 Å². The molecule has 0 radical (unpaired) electrons. The molecule has 3 nitrogen and oxygen atoms in total. The molecule has 94 valence electrons. The summed E-state index contributed by atoms with van der Waals surface area (Å²) in [4.78, 5) is 15.9. The van der Waals surface area contributed by atoms with Gasteiger partial charge < -0.3 is 9.80 Å². The second kappa shape index (κ2) is 6.89. The Morgan fingerprint density at radius 3 is 2.38 bits per heavy atom. The minimum absolute atomic E-state index is 0.202. The van der Waals surface area contributed by atoms with Crippen LogP contribution in [0.2, 0.25) is 0 Å². The zero-order chi connectivity index (χ0) is 12.0. The quantitative estimate of drug-likeness (QED) is 0.717. The fourth-order valence-electron chi connectivity index (χ4n) is 2.43. The van der Waals surface area contributed by atoms with Crippen LogP contribution >= 0.6 is 0 Å². The lowest BCUT2D eigenvalue weighted by atomic mass is 10.1. The normalized spacial score (nSPS) is 17.8. The number of carbonyl (C=O) groups excluding carboxylic acids is 1. The molecule has 0 atom stereocenters. The monoisotopic (exact) mass is 226 g/mol. The molecule has 0 aromatic heterocycles. The van der Waals surface area contributed by atoms with Gasteiger partial charge in [0.1, 0.15) is 0 Å². The van der Waals surface area contributed by atoms with Gasteiger partial charge in [0, 0.05) is 19.5 Å². The Kier molecular flexibility index (Phi) is 5.81. The lowest BCUT2D eigenvalue weighted by molar-refractivity contribution is -0.130. The molecule has 1 aliphatic rings. The third-order valence-corrected chi connectivity index (χ3v) is 3.35. The second-order valence-electron chi connectivity index (χ2n) is 5.06. The number of hydrogen-bond donors (Lipinski definition) is 0. The van der Waals surface area contributed by atoms with Crippen LogP contribution in [0.1, 0.15) is 46.5 Å². The first-order valence-electron chi connectivity index (χ1n) is 6.61. The Bertz CT molecular complexity index is 210. The fourth-order valence-corrected chi connectivity index (χ4v) is 2.43. The smallest absolute Gasteiger partial charge is 0.219 e. The largest absolute Gasteiger partial charge is 0.340 e. The third-order valence-electron chi connectivity index (χ3n) is 3.35. The van der Waals surface area contributed by atoms with Crippen LogP contribution in [0.5, 0.6) is 0 Å². The topological polar surface area (TPSA) is 23.6 Å². The van der Waals surface area contributed by atoms with Gasteiger partial charge in [0.05, 0.1) is 0 Å². The standard InChI is InChI=1S/C13H26N2O/c1-12(2)15(13(3)16)11-7-10-14-8-5-4-6-9-14/h12H,4-11H2,1-3H3. The van der Waals surface area contributed by atoms with Crippen molar-refractivity contribution in [3.05, 3.63) is 0 Å². The van der Waals surface area contributed by atoms with Crippen molar-refractivity contribution < 1.29 is 4.79 Å². The Hall–Kier alpha value is -0.570. The predicted octanol–water partition coefficient (Wildman–Crippen LogP) is 2.12. The summed E-state index contributed by atoms with van der Waals surface area (Å²) in [6, 6.07) is 0.332. The zero-order valence-corrected chi connectivity index (χ0v) is 11.0. The van der Waals surface area contributed by atoms with E-state index in [0.717, 1.165) is 19.5 Å². The van der Waals surface area contributed by atoms with Gasteiger partial charge in [-0.05, 0) is 52.7 Å². The highest BCUT2D eigenvalue weighted by Gasteiger charge is 2.14. The Morgan fingerprint density at radius 1 is 1.25 bits per heavy atom. The molecule has 1 heterocycles. The number of rotatable bonds is 5. The third kappa shape index (κ3) is 4.52. The van der Waals surface area contributed by atoms with Crippen molar-refractivity contribution in [1.82, 2.24) is 9.80 Å². The summed E-state index contributed by atoms with van der Waals surface area (Å²) in [6.07, 6.45) is 5.20. The fraction of sp³-hybridized carbons (Fsp3) is 0.923. The summed E-state index contributed by atoms with van der Waals surface area (Å²) in [5.41, 5.74) is 0. The highest BCUT2D eigenvalue weighted by molar-refractivity contribution is 5.73. The van der Waals surface area contributed by atoms with Gasteiger partial charge in [-0.3, -0.25) is 4.79 Å². The minimum Gasteiger partial charge on any atom is -0.340 e. The van der Waals surface area contributed by atoms with Crippen molar-refractivity contribution in [2.24, 2.45) is 0 Å². The van der Waals surface area contributed by atoms with E-state index in [2.05, 4.69) is 18.7 Å². The molecule has 0 aromatic carbocycles. The Balaban J connectivity index is 2.19. The van der Waals surface area contributed by atoms with Crippen LogP contribution in [0.25, 0.3) is 0 Å². The lowest BCUT2D eigenvalue weighted by Crippen LogP contribution is -2.38. The maximum absolute atomic E-state index is 11.4. The van der Waals surface area contributed by atoms with Crippen molar-refractivity contribution in [2.75, 3.05) is 26.2 Å². The summed E-state index contributed by atoms with van der Waals surface area (Å²) in [5.74, 6) is 0.202. The molecule has 1 saturated heterocycles. The van der Waals surface area contributed by atoms with Gasteiger partial charge in [0.2, 0.25) is 5.91 Å². The second-order valence-corrected chi connectivity index (χ2v) is 5.06. The maximum Gasteiger partial charge on any atom is 0.219 e. The van der Waals surface area contributed by atoms with E-state index in [-0.39, 0.29) is 5.91 Å². The first-order valence-corrected chi connectivity index (χ1v) is 6.61. The van der Waals surface area contributed by atoms with Gasteiger partial charge in [-0.25, -0.2) is 0 Å². The average Bonchev–Trinajstić information content (AvgIpc) is 2.24. The van der Waals surface area contributed by atoms with Crippen molar-refractivity contribution in [3.63, 3.8) is 0 Å². The molecule has 1 fully saturated rings. The molecular weight excluding hydrogens is 200 g/mol. The number of piperidine rings is 1. The first kappa shape index (κ1) is 13.5. The highest BCUT2D eigenvalue weighted by atomic mass is 16.2. The average molecular weight is 226 g/mol. The van der Waals surface area contributed by atoms with E-state index < -0.39 is 0 Å². The molecule has 1 rings (SSSR count). The molecule has 0 N–H and O–H groups in total. The van der Waals surface area contributed by atoms with Gasteiger partial charge in [0.25, 0.3) is 0 Å². The van der Waals surface area contributed by atoms with Crippen LogP contribution in [0.3, 0.4) is 0 Å². The van der Waals surface area contributed by atoms with Crippen molar-refractivity contribution >= 4 is 5.91 Å². The van der Waals surface area contributed by atoms with Gasteiger partial charge in [0.15, 0.2) is 0 Å². The Labute approximate surface area is 99.8 Å². The van der Waals surface area contributed by atoms with Gasteiger partial charge in [-0.2, -0.15) is 0 Å². The maximum atomic E-state index is 11.4. The van der Waals surface area contributed by atoms with E-state index in [1.54, 1.807) is 6.92 Å². The van der Waals surface area contributed by atoms with E-state index in [1.807, 2.05) is 4.90 Å². The van der Waals surface area contributed by atoms with Crippen molar-refractivity contribution in [1.29, 1.82) is 0 Å². The highest BCUT2D eigenvalue weighted by Crippen LogP contribution is 2.09. The molecule has 0 spiro atoms. The van der Waals surface area contributed by atoms with Crippen LogP contribution in [0, 0.1) is 0 Å². The number of carbonyl (C=O) groups is 1. The molecule has 0 bridgehead atoms. The van der Waals surface area contributed by atoms with Crippen LogP contribution in [0.15, 0.2) is 0 Å². The van der Waals surface area contributed by atoms with E-state index in [0.29, 0.717) is 6.04 Å². The van der Waals surface area contributed by atoms with E-state index in [4.69, 9.17) is 0 Å². The van der Waals surface area contributed by atoms with Gasteiger partial charge in [-0.15, -0.1) is 0 Å². The molecule has 16 heavy (non-hydrogen) atoms. The molecule has 0 aliphatic carbocycles. The van der Waals surface area contributed by atoms with Crippen molar-refractivity contribution in [2.45, 2.75) is 52.5 Å². The van der Waals surface area contributed by atoms with E-state index >= 15 is 0 Å². The molecule has 3 heteroatoms. The molecular formula is C13H26N2O. The lowest BCUT2D eigenvalue weighted by Gasteiger charge is -2.29. The Morgan fingerprint density at radius 2 is 1.88 bits per heavy atom. The molecule has 0 unspecified atom stereocenters. The number of amides is 1. The summed E-state index contributed by atoms with van der Waals surface area (Å²) in [6.45, 7) is 10.4. The molecule has 1 aliphatic heterocycles. The van der Waals surface area contributed by atoms with Crippen LogP contribution in [0.4, 0.5) is 0 Å². The first-order chi connectivity index (χ1) is 7.61. The van der Waals surface area contributed by atoms with E-state index in [1.165, 1.54) is 32.4 Å². The number of nitrogens with zero attached hydrogens (tertiary/aromatic N) is 2. The predicted molar refractivity (Wildman–Crippen MR) is 67.4 cm³/mol. The minimum atomic E-state index is 0.202. The molecule has 1 amide bonds. The van der Waals surface area contributed by atoms with E-state index in [9.17, 15) is 4.79 Å². The summed E-state index contributed by atoms with van der Waals surface area (Å²) in [7, 11) is 0. The molecule has 0 aromatic rings. The van der Waals surface area contributed by atoms with Crippen LogP contribution in [-0.4, -0.2) is 47.9 Å². The van der Waals surface area contributed by atoms with Gasteiger partial charge >= 0.3 is 0 Å². The molecule has 0 saturated carbocycles. The van der Waals surface area contributed by atoms with Gasteiger partial charge in [-0.1, -0.05) is 6.42 Å². The number of likely N-dealkylation sites (tertiary alicyclic amines) is 1. The van der Waals surface area contributed by atoms with Crippen LogP contribution in [-0.2, 0) is 4.79 Å². The zero-order valence-electron chi connectivity index (χ0n) is 11.0. The van der Waals surface area contributed by atoms with Crippen LogP contribution < -0.4 is 0 Å². The number of hydrogen-bond acceptors (Lipinski definition) is 2. The summed E-state index contributed by atoms with van der Waals surface area (Å²) < 4.78 is 0. The summed E-state index contributed by atoms with van der Waals surface area (Å²) >= 11 is 0. The SMILES string of the molecule is CC(=O)N(CCCN1CCCCC1)C(C)C.